The van der Waals surface area contributed by atoms with Crippen molar-refractivity contribution in [3.63, 3.8) is 0 Å². The summed E-state index contributed by atoms with van der Waals surface area (Å²) < 4.78 is 17.2. The van der Waals surface area contributed by atoms with Crippen LogP contribution in [0.15, 0.2) is 60.7 Å². The molecule has 0 aliphatic carbocycles. The Morgan fingerprint density at radius 1 is 0.958 bits per heavy atom. The van der Waals surface area contributed by atoms with E-state index in [0.717, 1.165) is 11.1 Å². The summed E-state index contributed by atoms with van der Waals surface area (Å²) in [5, 5.41) is 0. The van der Waals surface area contributed by atoms with E-state index in [1.807, 2.05) is 60.7 Å². The van der Waals surface area contributed by atoms with Gasteiger partial charge >= 0.3 is 5.97 Å². The lowest BCUT2D eigenvalue weighted by Crippen LogP contribution is -2.33. The first-order valence-corrected chi connectivity index (χ1v) is 8.28. The molecule has 1 unspecified atom stereocenters. The molecule has 1 saturated heterocycles. The van der Waals surface area contributed by atoms with Crippen LogP contribution in [-0.4, -0.2) is 24.8 Å². The van der Waals surface area contributed by atoms with Crippen LogP contribution in [0.2, 0.25) is 0 Å². The van der Waals surface area contributed by atoms with Crippen LogP contribution in [0.25, 0.3) is 0 Å². The van der Waals surface area contributed by atoms with Gasteiger partial charge in [0.2, 0.25) is 0 Å². The lowest BCUT2D eigenvalue weighted by molar-refractivity contribution is -0.151. The minimum absolute atomic E-state index is 0.156. The molecule has 0 spiro atoms. The molecule has 0 saturated carbocycles. The van der Waals surface area contributed by atoms with Crippen molar-refractivity contribution in [2.45, 2.75) is 38.3 Å². The quantitative estimate of drug-likeness (QED) is 0.697. The highest BCUT2D eigenvalue weighted by Crippen LogP contribution is 2.21. The first kappa shape index (κ1) is 16.7. The van der Waals surface area contributed by atoms with Gasteiger partial charge in [0.05, 0.1) is 19.8 Å². The van der Waals surface area contributed by atoms with Gasteiger partial charge in [-0.25, -0.2) is 0 Å². The molecule has 1 aliphatic heterocycles. The number of hydrogen-bond donors (Lipinski definition) is 0. The van der Waals surface area contributed by atoms with Gasteiger partial charge in [0.25, 0.3) is 0 Å². The average Bonchev–Trinajstić information content (AvgIpc) is 3.06. The molecule has 0 aromatic heterocycles. The first-order valence-electron chi connectivity index (χ1n) is 8.28. The Morgan fingerprint density at radius 2 is 1.58 bits per heavy atom. The predicted octanol–water partition coefficient (Wildman–Crippen LogP) is 3.49. The number of esters is 1. The van der Waals surface area contributed by atoms with E-state index >= 15 is 0 Å². The third kappa shape index (κ3) is 4.91. The van der Waals surface area contributed by atoms with Crippen LogP contribution in [0.5, 0.6) is 0 Å². The summed E-state index contributed by atoms with van der Waals surface area (Å²) in [6, 6.07) is 20.0. The van der Waals surface area contributed by atoms with Crippen molar-refractivity contribution in [3.8, 4) is 0 Å². The SMILES string of the molecule is O=C1CC[C@@H](C(COCc2ccccc2)OCc2ccccc2)O1. The van der Waals surface area contributed by atoms with Crippen molar-refractivity contribution in [1.82, 2.24) is 0 Å². The predicted molar refractivity (Wildman–Crippen MR) is 90.2 cm³/mol. The molecule has 3 rings (SSSR count). The second-order valence-corrected chi connectivity index (χ2v) is 5.90. The minimum Gasteiger partial charge on any atom is -0.459 e. The number of carbonyl (C=O) groups excluding carboxylic acids is 1. The van der Waals surface area contributed by atoms with Gasteiger partial charge in [-0.1, -0.05) is 60.7 Å². The van der Waals surface area contributed by atoms with Gasteiger partial charge in [-0.15, -0.1) is 0 Å². The van der Waals surface area contributed by atoms with Crippen molar-refractivity contribution in [1.29, 1.82) is 0 Å². The standard InChI is InChI=1S/C20H22O4/c21-20-12-11-18(24-20)19(23-14-17-9-5-2-6-10-17)15-22-13-16-7-3-1-4-8-16/h1-10,18-19H,11-15H2/t18-,19?/m0/s1. The number of ether oxygens (including phenoxy) is 3. The van der Waals surface area contributed by atoms with Crippen LogP contribution in [0, 0.1) is 0 Å². The zero-order valence-electron chi connectivity index (χ0n) is 13.6. The largest absolute Gasteiger partial charge is 0.459 e. The lowest BCUT2D eigenvalue weighted by atomic mass is 10.1. The summed E-state index contributed by atoms with van der Waals surface area (Å²) in [5.74, 6) is -0.156. The first-order chi connectivity index (χ1) is 11.8. The molecular formula is C20H22O4. The van der Waals surface area contributed by atoms with Crippen molar-refractivity contribution < 1.29 is 19.0 Å². The fraction of sp³-hybridized carbons (Fsp3) is 0.350. The van der Waals surface area contributed by atoms with Crippen molar-refractivity contribution >= 4 is 5.97 Å². The molecule has 0 N–H and O–H groups in total. The Kier molecular flexibility index (Phi) is 5.99. The van der Waals surface area contributed by atoms with Crippen LogP contribution in [0.3, 0.4) is 0 Å². The zero-order chi connectivity index (χ0) is 16.6. The van der Waals surface area contributed by atoms with Crippen LogP contribution >= 0.6 is 0 Å². The van der Waals surface area contributed by atoms with Crippen molar-refractivity contribution in [2.24, 2.45) is 0 Å². The summed E-state index contributed by atoms with van der Waals surface area (Å²) >= 11 is 0. The Hall–Kier alpha value is -2.17. The average molecular weight is 326 g/mol. The van der Waals surface area contributed by atoms with E-state index in [2.05, 4.69) is 0 Å². The third-order valence-electron chi connectivity index (χ3n) is 4.03. The second-order valence-electron chi connectivity index (χ2n) is 5.90. The summed E-state index contributed by atoms with van der Waals surface area (Å²) in [6.45, 7) is 1.40. The van der Waals surface area contributed by atoms with E-state index in [0.29, 0.717) is 32.7 Å². The molecule has 0 bridgehead atoms. The van der Waals surface area contributed by atoms with E-state index in [9.17, 15) is 4.79 Å². The molecule has 1 fully saturated rings. The molecule has 4 heteroatoms. The fourth-order valence-corrected chi connectivity index (χ4v) is 2.72. The molecule has 1 aliphatic rings. The van der Waals surface area contributed by atoms with Gasteiger partial charge in [0.15, 0.2) is 0 Å². The van der Waals surface area contributed by atoms with Crippen LogP contribution in [0.1, 0.15) is 24.0 Å². The van der Waals surface area contributed by atoms with E-state index in [1.54, 1.807) is 0 Å². The van der Waals surface area contributed by atoms with Gasteiger partial charge in [-0.05, 0) is 17.5 Å². The Balaban J connectivity index is 1.54. The van der Waals surface area contributed by atoms with Crippen LogP contribution in [-0.2, 0) is 32.2 Å². The van der Waals surface area contributed by atoms with E-state index in [-0.39, 0.29) is 18.2 Å². The topological polar surface area (TPSA) is 44.8 Å². The van der Waals surface area contributed by atoms with E-state index < -0.39 is 0 Å². The van der Waals surface area contributed by atoms with Crippen molar-refractivity contribution in [3.05, 3.63) is 71.8 Å². The van der Waals surface area contributed by atoms with Gasteiger partial charge in [-0.3, -0.25) is 4.79 Å². The molecule has 0 radical (unpaired) electrons. The maximum Gasteiger partial charge on any atom is 0.306 e. The maximum atomic E-state index is 11.4. The molecular weight excluding hydrogens is 304 g/mol. The summed E-state index contributed by atoms with van der Waals surface area (Å²) in [6.07, 6.45) is 0.666. The van der Waals surface area contributed by atoms with Gasteiger partial charge in [0.1, 0.15) is 12.2 Å². The van der Waals surface area contributed by atoms with Gasteiger partial charge < -0.3 is 14.2 Å². The molecule has 126 valence electrons. The molecule has 2 atom stereocenters. The summed E-state index contributed by atoms with van der Waals surface area (Å²) in [5.41, 5.74) is 2.21. The third-order valence-corrected chi connectivity index (χ3v) is 4.03. The number of cyclic esters (lactones) is 1. The summed E-state index contributed by atoms with van der Waals surface area (Å²) in [7, 11) is 0. The minimum atomic E-state index is -0.250. The Morgan fingerprint density at radius 3 is 2.17 bits per heavy atom. The number of carbonyl (C=O) groups is 1. The van der Waals surface area contributed by atoms with Gasteiger partial charge in [0, 0.05) is 6.42 Å². The molecule has 2 aromatic rings. The number of rotatable bonds is 8. The van der Waals surface area contributed by atoms with Crippen LogP contribution < -0.4 is 0 Å². The second kappa shape index (κ2) is 8.62. The molecule has 2 aromatic carbocycles. The monoisotopic (exact) mass is 326 g/mol. The molecule has 24 heavy (non-hydrogen) atoms. The van der Waals surface area contributed by atoms with Gasteiger partial charge in [-0.2, -0.15) is 0 Å². The smallest absolute Gasteiger partial charge is 0.306 e. The highest BCUT2D eigenvalue weighted by Gasteiger charge is 2.32. The van der Waals surface area contributed by atoms with E-state index in [1.165, 1.54) is 0 Å². The van der Waals surface area contributed by atoms with Crippen molar-refractivity contribution in [2.75, 3.05) is 6.61 Å². The Labute approximate surface area is 142 Å². The number of benzene rings is 2. The van der Waals surface area contributed by atoms with E-state index in [4.69, 9.17) is 14.2 Å². The maximum absolute atomic E-state index is 11.4. The Bertz CT molecular complexity index is 627. The highest BCUT2D eigenvalue weighted by molar-refractivity contribution is 5.71. The molecule has 1 heterocycles. The highest BCUT2D eigenvalue weighted by atomic mass is 16.6. The zero-order valence-corrected chi connectivity index (χ0v) is 13.6. The molecule has 0 amide bonds. The normalized spacial score (nSPS) is 18.3. The number of hydrogen-bond acceptors (Lipinski definition) is 4. The fourth-order valence-electron chi connectivity index (χ4n) is 2.72. The molecule has 4 nitrogen and oxygen atoms in total. The lowest BCUT2D eigenvalue weighted by Gasteiger charge is -2.23. The van der Waals surface area contributed by atoms with Crippen LogP contribution in [0.4, 0.5) is 0 Å². The summed E-state index contributed by atoms with van der Waals surface area (Å²) in [4.78, 5) is 11.4.